The van der Waals surface area contributed by atoms with Gasteiger partial charge < -0.3 is 15.0 Å². The van der Waals surface area contributed by atoms with Crippen LogP contribution in [0.3, 0.4) is 0 Å². The van der Waals surface area contributed by atoms with Crippen LogP contribution in [0.25, 0.3) is 10.9 Å². The van der Waals surface area contributed by atoms with Crippen molar-refractivity contribution in [2.75, 3.05) is 11.9 Å². The van der Waals surface area contributed by atoms with Gasteiger partial charge in [0.2, 0.25) is 5.91 Å². The molecule has 0 spiro atoms. The summed E-state index contributed by atoms with van der Waals surface area (Å²) in [6, 6.07) is 10.8. The second kappa shape index (κ2) is 9.17. The van der Waals surface area contributed by atoms with Gasteiger partial charge in [-0.2, -0.15) is 13.2 Å². The number of fused-ring (bicyclic) bond motifs is 1. The van der Waals surface area contributed by atoms with Crippen LogP contribution in [0.1, 0.15) is 18.7 Å². The summed E-state index contributed by atoms with van der Waals surface area (Å²) in [5.41, 5.74) is 0.352. The van der Waals surface area contributed by atoms with Crippen molar-refractivity contribution in [1.82, 2.24) is 9.97 Å². The van der Waals surface area contributed by atoms with Crippen LogP contribution in [0.5, 0.6) is 5.75 Å². The summed E-state index contributed by atoms with van der Waals surface area (Å²) in [5.74, 6) is -0.119. The fourth-order valence-corrected chi connectivity index (χ4v) is 2.94. The molecule has 1 heterocycles. The maximum absolute atomic E-state index is 12.4. The first-order valence-electron chi connectivity index (χ1n) is 8.98. The zero-order valence-corrected chi connectivity index (χ0v) is 16.3. The van der Waals surface area contributed by atoms with Crippen molar-refractivity contribution in [2.24, 2.45) is 0 Å². The Morgan fingerprint density at radius 1 is 1.20 bits per heavy atom. The normalized spacial score (nSPS) is 11.5. The molecular weight excluding hydrogens is 423 g/mol. The fourth-order valence-electron chi connectivity index (χ4n) is 2.77. The number of halogens is 4. The average Bonchev–Trinajstić information content (AvgIpc) is 2.67. The van der Waals surface area contributed by atoms with E-state index in [1.807, 2.05) is 0 Å². The molecule has 2 aromatic carbocycles. The highest BCUT2D eigenvalue weighted by Crippen LogP contribution is 2.30. The van der Waals surface area contributed by atoms with Crippen LogP contribution in [-0.4, -0.2) is 28.7 Å². The zero-order valence-electron chi connectivity index (χ0n) is 15.6. The fraction of sp³-hybridized carbons (Fsp3) is 0.250. The Morgan fingerprint density at radius 2 is 1.97 bits per heavy atom. The Kier molecular flexibility index (Phi) is 6.61. The van der Waals surface area contributed by atoms with Crippen molar-refractivity contribution in [2.45, 2.75) is 25.4 Å². The van der Waals surface area contributed by atoms with Crippen LogP contribution in [-0.2, 0) is 11.2 Å². The molecule has 6 nitrogen and oxygen atoms in total. The van der Waals surface area contributed by atoms with Gasteiger partial charge in [0.25, 0.3) is 5.56 Å². The van der Waals surface area contributed by atoms with Crippen molar-refractivity contribution < 1.29 is 22.7 Å². The third kappa shape index (κ3) is 5.96. The molecule has 1 amide bonds. The lowest BCUT2D eigenvalue weighted by Crippen LogP contribution is -2.20. The Bertz CT molecular complexity index is 1120. The number of hydrogen-bond donors (Lipinski definition) is 2. The van der Waals surface area contributed by atoms with Crippen LogP contribution < -0.4 is 15.6 Å². The van der Waals surface area contributed by atoms with E-state index in [4.69, 9.17) is 16.3 Å². The van der Waals surface area contributed by atoms with Gasteiger partial charge in [0.1, 0.15) is 11.6 Å². The van der Waals surface area contributed by atoms with Gasteiger partial charge in [0.15, 0.2) is 6.61 Å². The number of rotatable bonds is 7. The first kappa shape index (κ1) is 21.6. The smallest absolute Gasteiger partial charge is 0.422 e. The molecule has 30 heavy (non-hydrogen) atoms. The lowest BCUT2D eigenvalue weighted by atomic mass is 10.2. The van der Waals surface area contributed by atoms with E-state index in [2.05, 4.69) is 15.3 Å². The zero-order chi connectivity index (χ0) is 21.7. The molecule has 3 rings (SSSR count). The molecule has 0 fully saturated rings. The molecule has 158 valence electrons. The molecule has 0 saturated carbocycles. The summed E-state index contributed by atoms with van der Waals surface area (Å²) < 4.78 is 41.9. The van der Waals surface area contributed by atoms with Crippen LogP contribution in [0.4, 0.5) is 18.9 Å². The number of hydrogen-bond acceptors (Lipinski definition) is 4. The number of H-pyrrole nitrogens is 1. The van der Waals surface area contributed by atoms with Crippen molar-refractivity contribution in [3.63, 3.8) is 0 Å². The van der Waals surface area contributed by atoms with Gasteiger partial charge in [-0.3, -0.25) is 9.59 Å². The lowest BCUT2D eigenvalue weighted by molar-refractivity contribution is -0.153. The van der Waals surface area contributed by atoms with Gasteiger partial charge in [-0.25, -0.2) is 4.98 Å². The van der Waals surface area contributed by atoms with Gasteiger partial charge >= 0.3 is 6.18 Å². The summed E-state index contributed by atoms with van der Waals surface area (Å²) in [6.07, 6.45) is -3.74. The summed E-state index contributed by atoms with van der Waals surface area (Å²) in [4.78, 5) is 31.3. The second-order valence-electron chi connectivity index (χ2n) is 6.48. The highest BCUT2D eigenvalue weighted by atomic mass is 35.5. The van der Waals surface area contributed by atoms with E-state index in [1.165, 1.54) is 18.2 Å². The number of nitrogens with one attached hydrogen (secondary N) is 2. The first-order valence-corrected chi connectivity index (χ1v) is 9.36. The van der Waals surface area contributed by atoms with Crippen LogP contribution in [0.15, 0.2) is 47.3 Å². The lowest BCUT2D eigenvalue weighted by Gasteiger charge is -2.14. The topological polar surface area (TPSA) is 84.1 Å². The van der Waals surface area contributed by atoms with Gasteiger partial charge in [-0.05, 0) is 36.8 Å². The monoisotopic (exact) mass is 439 g/mol. The molecule has 0 atom stereocenters. The standard InChI is InChI=1S/C20H17ClF3N3O3/c21-12-8-9-16(30-11-20(22,23)24)15(10-12)26-18(28)7-3-6-17-25-14-5-2-1-4-13(14)19(29)27-17/h1-2,4-5,8-10H,3,6-7,11H2,(H,26,28)(H,25,27,29). The number of nitrogens with zero attached hydrogens (tertiary/aromatic N) is 1. The molecule has 0 radical (unpaired) electrons. The number of aromatic nitrogens is 2. The van der Waals surface area contributed by atoms with Gasteiger partial charge in [-0.15, -0.1) is 0 Å². The van der Waals surface area contributed by atoms with E-state index in [0.29, 0.717) is 29.6 Å². The number of para-hydroxylation sites is 1. The van der Waals surface area contributed by atoms with E-state index in [1.54, 1.807) is 24.3 Å². The Hall–Kier alpha value is -3.07. The van der Waals surface area contributed by atoms with Crippen molar-refractivity contribution >= 4 is 34.1 Å². The van der Waals surface area contributed by atoms with Crippen molar-refractivity contribution in [1.29, 1.82) is 0 Å². The minimum atomic E-state index is -4.51. The average molecular weight is 440 g/mol. The largest absolute Gasteiger partial charge is 0.482 e. The first-order chi connectivity index (χ1) is 14.2. The number of anilines is 1. The minimum absolute atomic E-state index is 0.0500. The molecule has 10 heteroatoms. The van der Waals surface area contributed by atoms with Gasteiger partial charge in [0.05, 0.1) is 16.6 Å². The molecule has 0 bridgehead atoms. The number of amides is 1. The molecule has 0 aliphatic rings. The maximum Gasteiger partial charge on any atom is 0.422 e. The van der Waals surface area contributed by atoms with Gasteiger partial charge in [-0.1, -0.05) is 23.7 Å². The van der Waals surface area contributed by atoms with Crippen molar-refractivity contribution in [3.8, 4) is 5.75 Å². The molecular formula is C20H17ClF3N3O3. The van der Waals surface area contributed by atoms with Gasteiger partial charge in [0, 0.05) is 17.9 Å². The maximum atomic E-state index is 12.4. The molecule has 0 aliphatic heterocycles. The predicted octanol–water partition coefficient (Wildman–Crippen LogP) is 4.48. The SMILES string of the molecule is O=C(CCCc1nc2ccccc2c(=O)[nH]1)Nc1cc(Cl)ccc1OCC(F)(F)F. The highest BCUT2D eigenvalue weighted by Gasteiger charge is 2.29. The number of aromatic amines is 1. The molecule has 1 aromatic heterocycles. The number of alkyl halides is 3. The predicted molar refractivity (Wildman–Crippen MR) is 107 cm³/mol. The molecule has 3 aromatic rings. The number of aryl methyl sites for hydroxylation is 1. The third-order valence-corrected chi connectivity index (χ3v) is 4.32. The Labute approximate surface area is 174 Å². The minimum Gasteiger partial charge on any atom is -0.482 e. The van der Waals surface area contributed by atoms with Crippen LogP contribution >= 0.6 is 11.6 Å². The number of carbonyl (C=O) groups excluding carboxylic acids is 1. The van der Waals surface area contributed by atoms with E-state index < -0.39 is 18.7 Å². The quantitative estimate of drug-likeness (QED) is 0.568. The van der Waals surface area contributed by atoms with Crippen molar-refractivity contribution in [3.05, 3.63) is 63.7 Å². The Balaban J connectivity index is 1.60. The highest BCUT2D eigenvalue weighted by molar-refractivity contribution is 6.31. The third-order valence-electron chi connectivity index (χ3n) is 4.09. The van der Waals surface area contributed by atoms with E-state index in [-0.39, 0.29) is 28.4 Å². The molecule has 0 unspecified atom stereocenters. The second-order valence-corrected chi connectivity index (χ2v) is 6.91. The molecule has 0 saturated heterocycles. The number of ether oxygens (including phenoxy) is 1. The summed E-state index contributed by atoms with van der Waals surface area (Å²) in [7, 11) is 0. The van der Waals surface area contributed by atoms with E-state index in [0.717, 1.165) is 0 Å². The number of benzene rings is 2. The molecule has 0 aliphatic carbocycles. The summed E-state index contributed by atoms with van der Waals surface area (Å²) in [6.45, 7) is -1.49. The molecule has 2 N–H and O–H groups in total. The van der Waals surface area contributed by atoms with Crippen LogP contribution in [0.2, 0.25) is 5.02 Å². The van der Waals surface area contributed by atoms with Crippen LogP contribution in [0, 0.1) is 0 Å². The summed E-state index contributed by atoms with van der Waals surface area (Å²) >= 11 is 5.87. The number of carbonyl (C=O) groups is 1. The van der Waals surface area contributed by atoms with E-state index >= 15 is 0 Å². The Morgan fingerprint density at radius 3 is 2.73 bits per heavy atom. The summed E-state index contributed by atoms with van der Waals surface area (Å²) in [5, 5.41) is 3.22. The van der Waals surface area contributed by atoms with E-state index in [9.17, 15) is 22.8 Å².